The molecule has 1 fully saturated rings. The molecule has 0 aromatic carbocycles. The van der Waals surface area contributed by atoms with E-state index in [2.05, 4.69) is 31.2 Å². The second-order valence-corrected chi connectivity index (χ2v) is 6.52. The third-order valence-corrected chi connectivity index (χ3v) is 4.50. The fraction of sp³-hybridized carbons (Fsp3) is 0.647. The Balaban J connectivity index is 0.00000312. The Morgan fingerprint density at radius 1 is 1.36 bits per heavy atom. The van der Waals surface area contributed by atoms with Crippen LogP contribution in [0.5, 0.6) is 0 Å². The maximum atomic E-state index is 11.8. The first-order valence-electron chi connectivity index (χ1n) is 8.49. The molecular formula is C17H31IN6O. The molecule has 2 N–H and O–H groups in total. The van der Waals surface area contributed by atoms with E-state index in [0.29, 0.717) is 12.6 Å². The fourth-order valence-electron chi connectivity index (χ4n) is 2.81. The van der Waals surface area contributed by atoms with Gasteiger partial charge >= 0.3 is 0 Å². The molecule has 8 heteroatoms. The molecular weight excluding hydrogens is 431 g/mol. The minimum Gasteiger partial charge on any atom is -0.354 e. The van der Waals surface area contributed by atoms with E-state index in [-0.39, 0.29) is 29.9 Å². The third-order valence-electron chi connectivity index (χ3n) is 4.50. The predicted molar refractivity (Wildman–Crippen MR) is 112 cm³/mol. The number of hydrogen-bond acceptors (Lipinski definition) is 3. The van der Waals surface area contributed by atoms with Crippen LogP contribution in [0, 0.1) is 0 Å². The largest absolute Gasteiger partial charge is 0.354 e. The molecule has 0 spiro atoms. The number of carbonyl (C=O) groups is 1. The van der Waals surface area contributed by atoms with E-state index in [1.807, 2.05) is 19.3 Å². The van der Waals surface area contributed by atoms with Gasteiger partial charge in [-0.1, -0.05) is 0 Å². The van der Waals surface area contributed by atoms with Crippen molar-refractivity contribution in [2.45, 2.75) is 25.4 Å². The van der Waals surface area contributed by atoms with Crippen LogP contribution >= 0.6 is 24.0 Å². The number of aromatic nitrogens is 1. The lowest BCUT2D eigenvalue weighted by molar-refractivity contribution is -0.130. The Morgan fingerprint density at radius 3 is 2.56 bits per heavy atom. The summed E-state index contributed by atoms with van der Waals surface area (Å²) in [7, 11) is 7.45. The van der Waals surface area contributed by atoms with Crippen molar-refractivity contribution in [2.24, 2.45) is 12.0 Å². The van der Waals surface area contributed by atoms with Crippen LogP contribution in [0.2, 0.25) is 0 Å². The lowest BCUT2D eigenvalue weighted by Gasteiger charge is -2.33. The number of piperidine rings is 1. The molecule has 142 valence electrons. The second-order valence-electron chi connectivity index (χ2n) is 6.52. The zero-order chi connectivity index (χ0) is 17.5. The van der Waals surface area contributed by atoms with E-state index < -0.39 is 0 Å². The molecule has 7 nitrogen and oxygen atoms in total. The molecule has 0 radical (unpaired) electrons. The smallest absolute Gasteiger partial charge is 0.236 e. The summed E-state index contributed by atoms with van der Waals surface area (Å²) in [6.07, 6.45) is 4.08. The van der Waals surface area contributed by atoms with E-state index in [1.54, 1.807) is 26.0 Å². The van der Waals surface area contributed by atoms with Gasteiger partial charge in [-0.2, -0.15) is 0 Å². The average molecular weight is 462 g/mol. The number of rotatable bonds is 5. The van der Waals surface area contributed by atoms with Crippen molar-refractivity contribution < 1.29 is 4.79 Å². The molecule has 1 saturated heterocycles. The Labute approximate surface area is 167 Å². The van der Waals surface area contributed by atoms with Gasteiger partial charge in [0.05, 0.1) is 13.1 Å². The van der Waals surface area contributed by atoms with Crippen LogP contribution in [-0.4, -0.2) is 73.1 Å². The number of nitrogens with one attached hydrogen (secondary N) is 2. The van der Waals surface area contributed by atoms with Crippen molar-refractivity contribution in [3.8, 4) is 0 Å². The molecule has 0 saturated carbocycles. The van der Waals surface area contributed by atoms with Crippen molar-refractivity contribution in [2.75, 3.05) is 40.8 Å². The molecule has 0 atom stereocenters. The standard InChI is InChI=1S/C17H30N6O.HI/c1-18-17(19-12-15-6-5-9-22(15)4)20-14-7-10-23(11-8-14)13-16(24)21(2)3;/h5-6,9,14H,7-8,10-13H2,1-4H3,(H2,18,19,20);1H. The molecule has 0 unspecified atom stereocenters. The van der Waals surface area contributed by atoms with Crippen LogP contribution in [0.15, 0.2) is 23.3 Å². The van der Waals surface area contributed by atoms with Crippen molar-refractivity contribution in [1.29, 1.82) is 0 Å². The van der Waals surface area contributed by atoms with E-state index in [4.69, 9.17) is 0 Å². The number of hydrogen-bond donors (Lipinski definition) is 2. The highest BCUT2D eigenvalue weighted by Gasteiger charge is 2.21. The monoisotopic (exact) mass is 462 g/mol. The third kappa shape index (κ3) is 6.85. The molecule has 2 heterocycles. The summed E-state index contributed by atoms with van der Waals surface area (Å²) >= 11 is 0. The highest BCUT2D eigenvalue weighted by molar-refractivity contribution is 14.0. The summed E-state index contributed by atoms with van der Waals surface area (Å²) in [5.41, 5.74) is 1.22. The van der Waals surface area contributed by atoms with E-state index in [1.165, 1.54) is 5.69 Å². The predicted octanol–water partition coefficient (Wildman–Crippen LogP) is 0.861. The van der Waals surface area contributed by atoms with Crippen LogP contribution in [0.3, 0.4) is 0 Å². The molecule has 2 rings (SSSR count). The highest BCUT2D eigenvalue weighted by Crippen LogP contribution is 2.10. The fourth-order valence-corrected chi connectivity index (χ4v) is 2.81. The van der Waals surface area contributed by atoms with Crippen LogP contribution in [-0.2, 0) is 18.4 Å². The average Bonchev–Trinajstić information content (AvgIpc) is 2.98. The Kier molecular flexibility index (Phi) is 9.26. The minimum atomic E-state index is 0. The zero-order valence-corrected chi connectivity index (χ0v) is 18.0. The van der Waals surface area contributed by atoms with E-state index in [0.717, 1.165) is 38.4 Å². The summed E-state index contributed by atoms with van der Waals surface area (Å²) in [5, 5.41) is 6.85. The highest BCUT2D eigenvalue weighted by atomic mass is 127. The van der Waals surface area contributed by atoms with Crippen molar-refractivity contribution in [3.63, 3.8) is 0 Å². The first-order valence-corrected chi connectivity index (χ1v) is 8.49. The van der Waals surface area contributed by atoms with Gasteiger partial charge in [-0.15, -0.1) is 24.0 Å². The van der Waals surface area contributed by atoms with Gasteiger partial charge in [0.2, 0.25) is 5.91 Å². The molecule has 1 amide bonds. The molecule has 0 aliphatic carbocycles. The summed E-state index contributed by atoms with van der Waals surface area (Å²) in [5.74, 6) is 1.00. The van der Waals surface area contributed by atoms with Crippen LogP contribution in [0.25, 0.3) is 0 Å². The van der Waals surface area contributed by atoms with Crippen molar-refractivity contribution in [1.82, 2.24) is 25.0 Å². The first-order chi connectivity index (χ1) is 11.5. The molecule has 1 aromatic heterocycles. The van der Waals surface area contributed by atoms with E-state index >= 15 is 0 Å². The molecule has 25 heavy (non-hydrogen) atoms. The minimum absolute atomic E-state index is 0. The summed E-state index contributed by atoms with van der Waals surface area (Å²) < 4.78 is 2.10. The summed E-state index contributed by atoms with van der Waals surface area (Å²) in [6.45, 7) is 3.14. The lowest BCUT2D eigenvalue weighted by atomic mass is 10.1. The van der Waals surface area contributed by atoms with Crippen molar-refractivity contribution >= 4 is 35.8 Å². The maximum absolute atomic E-state index is 11.8. The number of likely N-dealkylation sites (tertiary alicyclic amines) is 1. The number of nitrogens with zero attached hydrogens (tertiary/aromatic N) is 4. The topological polar surface area (TPSA) is 64.9 Å². The lowest BCUT2D eigenvalue weighted by Crippen LogP contribution is -2.50. The normalized spacial score (nSPS) is 16.2. The molecule has 1 aliphatic heterocycles. The van der Waals surface area contributed by atoms with Gasteiger partial charge in [0.25, 0.3) is 0 Å². The van der Waals surface area contributed by atoms with Gasteiger partial charge in [0.1, 0.15) is 0 Å². The van der Waals surface area contributed by atoms with Crippen molar-refractivity contribution in [3.05, 3.63) is 24.0 Å². The van der Waals surface area contributed by atoms with Crippen LogP contribution in [0.4, 0.5) is 0 Å². The molecule has 1 aliphatic rings. The number of aliphatic imine (C=N–C) groups is 1. The Morgan fingerprint density at radius 2 is 2.04 bits per heavy atom. The number of aryl methyl sites for hydroxylation is 1. The van der Waals surface area contributed by atoms with Gasteiger partial charge in [-0.05, 0) is 25.0 Å². The van der Waals surface area contributed by atoms with Gasteiger partial charge in [0.15, 0.2) is 5.96 Å². The van der Waals surface area contributed by atoms with Gasteiger partial charge in [0, 0.05) is 59.2 Å². The molecule has 1 aromatic rings. The van der Waals surface area contributed by atoms with E-state index in [9.17, 15) is 4.79 Å². The Hall–Kier alpha value is -1.29. The maximum Gasteiger partial charge on any atom is 0.236 e. The van der Waals surface area contributed by atoms with Gasteiger partial charge < -0.3 is 20.1 Å². The summed E-state index contributed by atoms with van der Waals surface area (Å²) in [4.78, 5) is 20.0. The SMILES string of the molecule is CN=C(NCc1cccn1C)NC1CCN(CC(=O)N(C)C)CC1.I. The zero-order valence-electron chi connectivity index (χ0n) is 15.7. The number of likely N-dealkylation sites (N-methyl/N-ethyl adjacent to an activating group) is 1. The van der Waals surface area contributed by atoms with Crippen LogP contribution in [0.1, 0.15) is 18.5 Å². The summed E-state index contributed by atoms with van der Waals surface area (Å²) in [6, 6.07) is 4.54. The van der Waals surface area contributed by atoms with Gasteiger partial charge in [-0.3, -0.25) is 14.7 Å². The number of carbonyl (C=O) groups excluding carboxylic acids is 1. The number of guanidine groups is 1. The first kappa shape index (κ1) is 21.8. The number of halogens is 1. The van der Waals surface area contributed by atoms with Gasteiger partial charge in [-0.25, -0.2) is 0 Å². The van der Waals surface area contributed by atoms with Crippen LogP contribution < -0.4 is 10.6 Å². The number of amides is 1. The molecule has 0 bridgehead atoms. The second kappa shape index (κ2) is 10.6. The Bertz CT molecular complexity index is 563. The quantitative estimate of drug-likeness (QED) is 0.387.